The van der Waals surface area contributed by atoms with E-state index in [0.717, 1.165) is 23.2 Å². The molecule has 2 atom stereocenters. The van der Waals surface area contributed by atoms with E-state index in [9.17, 15) is 0 Å². The highest BCUT2D eigenvalue weighted by atomic mass is 35.5. The molecule has 0 nitrogen and oxygen atoms in total. The molecule has 2 heteroatoms. The van der Waals surface area contributed by atoms with E-state index in [2.05, 4.69) is 19.9 Å². The maximum atomic E-state index is 6.18. The Kier molecular flexibility index (Phi) is 6.99. The fraction of sp³-hybridized carbons (Fsp3) is 0.600. The van der Waals surface area contributed by atoms with E-state index < -0.39 is 0 Å². The Morgan fingerprint density at radius 3 is 2.53 bits per heavy atom. The van der Waals surface area contributed by atoms with Crippen LogP contribution in [0.2, 0.25) is 5.02 Å². The zero-order valence-electron chi connectivity index (χ0n) is 10.8. The molecule has 0 aromatic heterocycles. The average Bonchev–Trinajstić information content (AvgIpc) is 2.31. The van der Waals surface area contributed by atoms with Crippen LogP contribution in [0, 0.1) is 11.8 Å². The van der Waals surface area contributed by atoms with Crippen molar-refractivity contribution in [2.24, 2.45) is 11.8 Å². The van der Waals surface area contributed by atoms with Crippen molar-refractivity contribution < 1.29 is 0 Å². The molecule has 96 valence electrons. The van der Waals surface area contributed by atoms with Crippen LogP contribution in [0.5, 0.6) is 0 Å². The van der Waals surface area contributed by atoms with Crippen molar-refractivity contribution in [2.75, 3.05) is 5.88 Å². The zero-order valence-corrected chi connectivity index (χ0v) is 12.3. The summed E-state index contributed by atoms with van der Waals surface area (Å²) in [6, 6.07) is 8.08. The van der Waals surface area contributed by atoms with Crippen LogP contribution in [0.3, 0.4) is 0 Å². The molecule has 0 amide bonds. The highest BCUT2D eigenvalue weighted by Crippen LogP contribution is 2.25. The predicted octanol–water partition coefficient (Wildman–Crippen LogP) is 5.56. The Morgan fingerprint density at radius 1 is 1.24 bits per heavy atom. The molecule has 2 unspecified atom stereocenters. The van der Waals surface area contributed by atoms with Gasteiger partial charge in [0.15, 0.2) is 0 Å². The quantitative estimate of drug-likeness (QED) is 0.570. The van der Waals surface area contributed by atoms with Crippen molar-refractivity contribution in [3.63, 3.8) is 0 Å². The molecule has 1 aromatic rings. The largest absolute Gasteiger partial charge is 0.126 e. The van der Waals surface area contributed by atoms with Crippen LogP contribution < -0.4 is 0 Å². The summed E-state index contributed by atoms with van der Waals surface area (Å²) < 4.78 is 0. The first-order valence-electron chi connectivity index (χ1n) is 6.46. The van der Waals surface area contributed by atoms with E-state index >= 15 is 0 Å². The molecule has 0 aliphatic carbocycles. The molecule has 0 heterocycles. The Bertz CT molecular complexity index is 322. The maximum absolute atomic E-state index is 6.18. The molecule has 0 saturated carbocycles. The lowest BCUT2D eigenvalue weighted by Crippen LogP contribution is -2.11. The van der Waals surface area contributed by atoms with Gasteiger partial charge in [0.1, 0.15) is 0 Å². The number of benzene rings is 1. The summed E-state index contributed by atoms with van der Waals surface area (Å²) in [6.45, 7) is 4.55. The lowest BCUT2D eigenvalue weighted by atomic mass is 9.89. The first-order chi connectivity index (χ1) is 8.17. The summed E-state index contributed by atoms with van der Waals surface area (Å²) in [4.78, 5) is 0. The first-order valence-corrected chi connectivity index (χ1v) is 7.38. The minimum absolute atomic E-state index is 0.540. The molecule has 0 aliphatic rings. The summed E-state index contributed by atoms with van der Waals surface area (Å²) in [7, 11) is 0. The molecule has 0 spiro atoms. The number of rotatable bonds is 7. The van der Waals surface area contributed by atoms with Gasteiger partial charge in [0.25, 0.3) is 0 Å². The number of hydrogen-bond donors (Lipinski definition) is 0. The summed E-state index contributed by atoms with van der Waals surface area (Å²) in [6.07, 6.45) is 4.73. The second-order valence-electron chi connectivity index (χ2n) is 4.95. The third-order valence-corrected chi connectivity index (χ3v) is 4.01. The normalized spacial score (nSPS) is 14.6. The van der Waals surface area contributed by atoms with Crippen LogP contribution in [-0.2, 0) is 6.42 Å². The van der Waals surface area contributed by atoms with E-state index in [1.807, 2.05) is 18.2 Å². The lowest BCUT2D eigenvalue weighted by molar-refractivity contribution is 0.393. The van der Waals surface area contributed by atoms with Gasteiger partial charge in [-0.05, 0) is 36.3 Å². The van der Waals surface area contributed by atoms with Gasteiger partial charge in [-0.2, -0.15) is 0 Å². The van der Waals surface area contributed by atoms with Crippen LogP contribution in [0.1, 0.15) is 38.7 Å². The van der Waals surface area contributed by atoms with E-state index in [1.165, 1.54) is 24.8 Å². The molecule has 0 aliphatic heterocycles. The van der Waals surface area contributed by atoms with E-state index in [4.69, 9.17) is 23.2 Å². The summed E-state index contributed by atoms with van der Waals surface area (Å²) in [5, 5.41) is 0.866. The first kappa shape index (κ1) is 14.9. The number of halogens is 2. The van der Waals surface area contributed by atoms with Crippen molar-refractivity contribution in [2.45, 2.75) is 39.5 Å². The van der Waals surface area contributed by atoms with E-state index in [1.54, 1.807) is 0 Å². The van der Waals surface area contributed by atoms with Gasteiger partial charge in [0, 0.05) is 10.9 Å². The van der Waals surface area contributed by atoms with Gasteiger partial charge in [0.05, 0.1) is 0 Å². The molecule has 0 N–H and O–H groups in total. The fourth-order valence-electron chi connectivity index (χ4n) is 2.36. The van der Waals surface area contributed by atoms with Gasteiger partial charge in [-0.1, -0.05) is 56.5 Å². The smallest absolute Gasteiger partial charge is 0.0438 e. The Balaban J connectivity index is 2.55. The molecular formula is C15H22Cl2. The molecule has 17 heavy (non-hydrogen) atoms. The zero-order chi connectivity index (χ0) is 12.7. The molecule has 1 aromatic carbocycles. The molecule has 0 bridgehead atoms. The van der Waals surface area contributed by atoms with Crippen LogP contribution >= 0.6 is 23.2 Å². The number of hydrogen-bond acceptors (Lipinski definition) is 0. The molecule has 1 rings (SSSR count). The lowest BCUT2D eigenvalue weighted by Gasteiger charge is -2.19. The van der Waals surface area contributed by atoms with Crippen molar-refractivity contribution in [1.29, 1.82) is 0 Å². The van der Waals surface area contributed by atoms with Crippen molar-refractivity contribution >= 4 is 23.2 Å². The van der Waals surface area contributed by atoms with Gasteiger partial charge in [-0.15, -0.1) is 11.6 Å². The SMILES string of the molecule is CCCC(C)CC(CCl)Cc1ccccc1Cl. The topological polar surface area (TPSA) is 0 Å². The van der Waals surface area contributed by atoms with Gasteiger partial charge >= 0.3 is 0 Å². The second-order valence-corrected chi connectivity index (χ2v) is 5.66. The maximum Gasteiger partial charge on any atom is 0.0438 e. The van der Waals surface area contributed by atoms with Gasteiger partial charge in [0.2, 0.25) is 0 Å². The fourth-order valence-corrected chi connectivity index (χ4v) is 2.80. The van der Waals surface area contributed by atoms with Gasteiger partial charge in [-0.3, -0.25) is 0 Å². The predicted molar refractivity (Wildman–Crippen MR) is 78.1 cm³/mol. The van der Waals surface area contributed by atoms with Crippen molar-refractivity contribution in [3.8, 4) is 0 Å². The highest BCUT2D eigenvalue weighted by molar-refractivity contribution is 6.31. The highest BCUT2D eigenvalue weighted by Gasteiger charge is 2.14. The van der Waals surface area contributed by atoms with E-state index in [0.29, 0.717) is 5.92 Å². The molecule has 0 radical (unpaired) electrons. The second kappa shape index (κ2) is 8.00. The standard InChI is InChI=1S/C15H22Cl2/c1-3-6-12(2)9-13(11-16)10-14-7-4-5-8-15(14)17/h4-5,7-8,12-13H,3,6,9-11H2,1-2H3. The van der Waals surface area contributed by atoms with Crippen LogP contribution in [0.15, 0.2) is 24.3 Å². The summed E-state index contributed by atoms with van der Waals surface area (Å²) in [5.74, 6) is 2.02. The Hall–Kier alpha value is -0.200. The third kappa shape index (κ3) is 5.31. The van der Waals surface area contributed by atoms with Crippen LogP contribution in [-0.4, -0.2) is 5.88 Å². The molecule has 0 saturated heterocycles. The van der Waals surface area contributed by atoms with Crippen LogP contribution in [0.25, 0.3) is 0 Å². The monoisotopic (exact) mass is 272 g/mol. The third-order valence-electron chi connectivity index (χ3n) is 3.20. The summed E-state index contributed by atoms with van der Waals surface area (Å²) in [5.41, 5.74) is 1.23. The number of alkyl halides is 1. The molecule has 0 fully saturated rings. The average molecular weight is 273 g/mol. The van der Waals surface area contributed by atoms with Gasteiger partial charge < -0.3 is 0 Å². The minimum Gasteiger partial charge on any atom is -0.126 e. The van der Waals surface area contributed by atoms with Crippen LogP contribution in [0.4, 0.5) is 0 Å². The van der Waals surface area contributed by atoms with Crippen molar-refractivity contribution in [3.05, 3.63) is 34.9 Å². The Morgan fingerprint density at radius 2 is 1.94 bits per heavy atom. The summed E-state index contributed by atoms with van der Waals surface area (Å²) >= 11 is 12.3. The van der Waals surface area contributed by atoms with Gasteiger partial charge in [-0.25, -0.2) is 0 Å². The van der Waals surface area contributed by atoms with E-state index in [-0.39, 0.29) is 0 Å². The minimum atomic E-state index is 0.540. The molecular weight excluding hydrogens is 251 g/mol. The Labute approximate surface area is 115 Å². The van der Waals surface area contributed by atoms with Crippen molar-refractivity contribution in [1.82, 2.24) is 0 Å².